The molecule has 12 nitrogen and oxygen atoms in total. The predicted octanol–water partition coefficient (Wildman–Crippen LogP) is 3.62. The van der Waals surface area contributed by atoms with Gasteiger partial charge in [-0.05, 0) is 39.7 Å². The first kappa shape index (κ1) is 28.7. The Morgan fingerprint density at radius 2 is 1.76 bits per heavy atom. The number of hydrogen-bond acceptors (Lipinski definition) is 9. The third-order valence-electron chi connectivity index (χ3n) is 7.19. The fourth-order valence-electron chi connectivity index (χ4n) is 5.19. The van der Waals surface area contributed by atoms with Crippen LogP contribution in [0.1, 0.15) is 43.2 Å². The molecule has 0 radical (unpaired) electrons. The quantitative estimate of drug-likeness (QED) is 0.232. The maximum Gasteiger partial charge on any atom is 0.259 e. The summed E-state index contributed by atoms with van der Waals surface area (Å²) >= 11 is 0. The van der Waals surface area contributed by atoms with Crippen LogP contribution in [-0.2, 0) is 16.3 Å². The average Bonchev–Trinajstić information content (AvgIpc) is 3.58. The molecule has 0 saturated heterocycles. The van der Waals surface area contributed by atoms with Crippen molar-refractivity contribution in [3.8, 4) is 22.4 Å². The molecule has 5 rings (SSSR count). The number of sulfone groups is 1. The SMILES string of the molecule is CC(C)N(C(=O)c1cn[nH]c1N)[C@H](C)CCc1nc2c(-c3ccc(-c4ccccc4)nc3)cnn2c(N)c1S(C)(=O)=O. The minimum Gasteiger partial charge on any atom is -0.383 e. The van der Waals surface area contributed by atoms with Crippen LogP contribution in [0.2, 0.25) is 0 Å². The molecule has 0 bridgehead atoms. The lowest BCUT2D eigenvalue weighted by atomic mass is 10.1. The third-order valence-corrected chi connectivity index (χ3v) is 8.37. The van der Waals surface area contributed by atoms with Gasteiger partial charge in [-0.25, -0.2) is 13.4 Å². The van der Waals surface area contributed by atoms with Gasteiger partial charge in [-0.3, -0.25) is 14.9 Å². The first-order valence-corrected chi connectivity index (χ1v) is 15.4. The van der Waals surface area contributed by atoms with E-state index in [0.29, 0.717) is 23.3 Å². The zero-order valence-electron chi connectivity index (χ0n) is 23.8. The van der Waals surface area contributed by atoms with Gasteiger partial charge in [-0.15, -0.1) is 0 Å². The summed E-state index contributed by atoms with van der Waals surface area (Å²) in [6.07, 6.45) is 6.50. The first-order chi connectivity index (χ1) is 20.0. The number of rotatable bonds is 9. The molecule has 0 fully saturated rings. The van der Waals surface area contributed by atoms with Crippen molar-refractivity contribution in [3.05, 3.63) is 72.3 Å². The molecular formula is C29H33N9O3S. The number of anilines is 2. The number of fused-ring (bicyclic) bond motifs is 1. The van der Waals surface area contributed by atoms with Gasteiger partial charge in [0.05, 0.1) is 23.8 Å². The number of nitrogens with two attached hydrogens (primary N) is 2. The molecule has 4 heterocycles. The van der Waals surface area contributed by atoms with E-state index in [-0.39, 0.29) is 46.5 Å². The first-order valence-electron chi connectivity index (χ1n) is 13.5. The van der Waals surface area contributed by atoms with E-state index in [1.165, 1.54) is 10.7 Å². The van der Waals surface area contributed by atoms with E-state index in [1.54, 1.807) is 17.3 Å². The van der Waals surface area contributed by atoms with Gasteiger partial charge in [-0.2, -0.15) is 14.7 Å². The summed E-state index contributed by atoms with van der Waals surface area (Å²) < 4.78 is 27.1. The zero-order chi connectivity index (χ0) is 30.2. The summed E-state index contributed by atoms with van der Waals surface area (Å²) in [7, 11) is -3.76. The van der Waals surface area contributed by atoms with Crippen molar-refractivity contribution in [2.75, 3.05) is 17.7 Å². The van der Waals surface area contributed by atoms with E-state index in [1.807, 2.05) is 63.2 Å². The number of pyridine rings is 1. The number of nitrogen functional groups attached to an aromatic ring is 2. The number of amides is 1. The molecule has 1 amide bonds. The number of aromatic amines is 1. The van der Waals surface area contributed by atoms with Crippen molar-refractivity contribution in [1.29, 1.82) is 0 Å². The number of carbonyl (C=O) groups is 1. The summed E-state index contributed by atoms with van der Waals surface area (Å²) in [5.41, 5.74) is 16.6. The Bertz CT molecular complexity index is 1850. The minimum absolute atomic E-state index is 0.0202. The van der Waals surface area contributed by atoms with E-state index in [2.05, 4.69) is 20.3 Å². The van der Waals surface area contributed by atoms with Crippen LogP contribution in [0.3, 0.4) is 0 Å². The van der Waals surface area contributed by atoms with Crippen molar-refractivity contribution >= 4 is 33.0 Å². The van der Waals surface area contributed by atoms with Crippen LogP contribution in [0.25, 0.3) is 28.0 Å². The Hall–Kier alpha value is -4.78. The zero-order valence-corrected chi connectivity index (χ0v) is 24.6. The van der Waals surface area contributed by atoms with E-state index in [9.17, 15) is 13.2 Å². The molecule has 0 aliphatic rings. The molecule has 5 N–H and O–H groups in total. The lowest BCUT2D eigenvalue weighted by Gasteiger charge is -2.33. The Kier molecular flexibility index (Phi) is 7.69. The molecule has 5 aromatic rings. The molecule has 218 valence electrons. The predicted molar refractivity (Wildman–Crippen MR) is 161 cm³/mol. The molecule has 0 spiro atoms. The number of aryl methyl sites for hydroxylation is 1. The largest absolute Gasteiger partial charge is 0.383 e. The smallest absolute Gasteiger partial charge is 0.259 e. The Morgan fingerprint density at radius 1 is 1.02 bits per heavy atom. The van der Waals surface area contributed by atoms with Crippen LogP contribution in [0, 0.1) is 0 Å². The summed E-state index contributed by atoms with van der Waals surface area (Å²) in [5.74, 6) is -0.0931. The molecule has 1 atom stereocenters. The standard InChI is InChI=1S/C29H33N9O3S/c1-17(2)37(29(39)22-15-33-36-26(22)30)18(3)10-12-24-25(42(4,40)41)27(31)38-28(35-24)21(16-34-38)20-11-13-23(32-14-20)19-8-6-5-7-9-19/h5-9,11,13-18H,10,12,31H2,1-4H3,(H3,30,33,36)/t18-/m1/s1. The number of carbonyl (C=O) groups excluding carboxylic acids is 1. The summed E-state index contributed by atoms with van der Waals surface area (Å²) in [6.45, 7) is 5.72. The van der Waals surface area contributed by atoms with Gasteiger partial charge in [0, 0.05) is 41.2 Å². The number of aromatic nitrogens is 6. The fourth-order valence-corrected chi connectivity index (χ4v) is 6.23. The van der Waals surface area contributed by atoms with E-state index >= 15 is 0 Å². The molecule has 13 heteroatoms. The second kappa shape index (κ2) is 11.2. The fraction of sp³-hybridized carbons (Fsp3) is 0.276. The van der Waals surface area contributed by atoms with Crippen molar-refractivity contribution in [2.24, 2.45) is 0 Å². The van der Waals surface area contributed by atoms with Gasteiger partial charge in [0.1, 0.15) is 22.1 Å². The highest BCUT2D eigenvalue weighted by Gasteiger charge is 2.29. The Balaban J connectivity index is 1.50. The van der Waals surface area contributed by atoms with Crippen LogP contribution in [0.15, 0.2) is 66.0 Å². The van der Waals surface area contributed by atoms with E-state index < -0.39 is 9.84 Å². The second-order valence-electron chi connectivity index (χ2n) is 10.5. The lowest BCUT2D eigenvalue weighted by Crippen LogP contribution is -2.43. The molecular weight excluding hydrogens is 554 g/mol. The number of H-pyrrole nitrogens is 1. The minimum atomic E-state index is -3.76. The van der Waals surface area contributed by atoms with Crippen molar-refractivity contribution in [3.63, 3.8) is 0 Å². The highest BCUT2D eigenvalue weighted by molar-refractivity contribution is 7.91. The number of benzene rings is 1. The normalized spacial score (nSPS) is 12.6. The van der Waals surface area contributed by atoms with Gasteiger partial charge in [0.2, 0.25) is 0 Å². The Morgan fingerprint density at radius 3 is 2.36 bits per heavy atom. The molecule has 0 saturated carbocycles. The molecule has 0 aliphatic carbocycles. The van der Waals surface area contributed by atoms with Crippen LogP contribution in [0.5, 0.6) is 0 Å². The molecule has 42 heavy (non-hydrogen) atoms. The van der Waals surface area contributed by atoms with Gasteiger partial charge < -0.3 is 16.4 Å². The lowest BCUT2D eigenvalue weighted by molar-refractivity contribution is 0.0617. The highest BCUT2D eigenvalue weighted by atomic mass is 32.2. The number of nitrogens with one attached hydrogen (secondary N) is 1. The van der Waals surface area contributed by atoms with Crippen molar-refractivity contribution in [1.82, 2.24) is 34.7 Å². The summed E-state index contributed by atoms with van der Waals surface area (Å²) in [4.78, 5) is 24.3. The second-order valence-corrected chi connectivity index (χ2v) is 12.5. The van der Waals surface area contributed by atoms with Gasteiger partial charge in [0.15, 0.2) is 15.5 Å². The van der Waals surface area contributed by atoms with Crippen LogP contribution in [0.4, 0.5) is 11.6 Å². The maximum absolute atomic E-state index is 13.3. The van der Waals surface area contributed by atoms with E-state index in [4.69, 9.17) is 16.5 Å². The third kappa shape index (κ3) is 5.42. The average molecular weight is 588 g/mol. The topological polar surface area (TPSA) is 178 Å². The Labute approximate surface area is 243 Å². The van der Waals surface area contributed by atoms with Gasteiger partial charge in [-0.1, -0.05) is 36.4 Å². The van der Waals surface area contributed by atoms with Crippen LogP contribution >= 0.6 is 0 Å². The molecule has 1 aromatic carbocycles. The molecule has 0 unspecified atom stereocenters. The van der Waals surface area contributed by atoms with Gasteiger partial charge in [0.25, 0.3) is 5.91 Å². The van der Waals surface area contributed by atoms with Crippen molar-refractivity contribution in [2.45, 2.75) is 50.6 Å². The molecule has 0 aliphatic heterocycles. The highest BCUT2D eigenvalue weighted by Crippen LogP contribution is 2.31. The van der Waals surface area contributed by atoms with Crippen LogP contribution in [-0.4, -0.2) is 67.3 Å². The summed E-state index contributed by atoms with van der Waals surface area (Å²) in [5, 5.41) is 10.8. The maximum atomic E-state index is 13.3. The van der Waals surface area contributed by atoms with Gasteiger partial charge >= 0.3 is 0 Å². The van der Waals surface area contributed by atoms with E-state index in [0.717, 1.165) is 23.1 Å². The summed E-state index contributed by atoms with van der Waals surface area (Å²) in [6, 6.07) is 13.2. The van der Waals surface area contributed by atoms with Crippen molar-refractivity contribution < 1.29 is 13.2 Å². The van der Waals surface area contributed by atoms with Crippen LogP contribution < -0.4 is 11.5 Å². The molecule has 4 aromatic heterocycles. The number of nitrogens with zero attached hydrogens (tertiary/aromatic N) is 6. The number of hydrogen-bond donors (Lipinski definition) is 3. The monoisotopic (exact) mass is 587 g/mol.